The predicted molar refractivity (Wildman–Crippen MR) is 112 cm³/mol. The summed E-state index contributed by atoms with van der Waals surface area (Å²) in [5.74, 6) is 0.485. The summed E-state index contributed by atoms with van der Waals surface area (Å²) in [4.78, 5) is 43.6. The zero-order valence-electron chi connectivity index (χ0n) is 17.5. The fraction of sp³-hybridized carbons (Fsp3) is 0.591. The van der Waals surface area contributed by atoms with E-state index in [0.29, 0.717) is 36.8 Å². The number of urea groups is 1. The number of likely N-dealkylation sites (tertiary alicyclic amines) is 1. The van der Waals surface area contributed by atoms with Gasteiger partial charge in [-0.3, -0.25) is 9.69 Å². The molecule has 3 aliphatic rings. The van der Waals surface area contributed by atoms with Gasteiger partial charge in [0.15, 0.2) is 0 Å². The van der Waals surface area contributed by atoms with Gasteiger partial charge in [-0.1, -0.05) is 12.1 Å². The Bertz CT molecular complexity index is 810. The molecule has 1 saturated carbocycles. The van der Waals surface area contributed by atoms with Crippen LogP contribution >= 0.6 is 0 Å². The maximum Gasteiger partial charge on any atom is 0.339 e. The van der Waals surface area contributed by atoms with E-state index in [1.54, 1.807) is 29.2 Å². The van der Waals surface area contributed by atoms with E-state index >= 15 is 0 Å². The van der Waals surface area contributed by atoms with Crippen LogP contribution in [-0.4, -0.2) is 85.0 Å². The Morgan fingerprint density at radius 1 is 1.07 bits per heavy atom. The predicted octanol–water partition coefficient (Wildman–Crippen LogP) is 2.02. The van der Waals surface area contributed by atoms with E-state index in [-0.39, 0.29) is 18.0 Å². The van der Waals surface area contributed by atoms with Crippen LogP contribution in [0.4, 0.5) is 10.5 Å². The second-order valence-corrected chi connectivity index (χ2v) is 8.38. The Hall–Kier alpha value is -2.61. The molecular weight excluding hydrogens is 384 g/mol. The molecule has 1 aromatic carbocycles. The van der Waals surface area contributed by atoms with Crippen molar-refractivity contribution in [3.05, 3.63) is 29.8 Å². The zero-order valence-corrected chi connectivity index (χ0v) is 17.5. The lowest BCUT2D eigenvalue weighted by molar-refractivity contribution is -0.132. The highest BCUT2D eigenvalue weighted by Gasteiger charge is 2.38. The van der Waals surface area contributed by atoms with Crippen LogP contribution < -0.4 is 5.32 Å². The Balaban J connectivity index is 1.34. The monoisotopic (exact) mass is 414 g/mol. The van der Waals surface area contributed by atoms with Gasteiger partial charge in [0, 0.05) is 39.3 Å². The summed E-state index contributed by atoms with van der Waals surface area (Å²) in [6, 6.07) is 6.54. The number of carbonyl (C=O) groups excluding carboxylic acids is 3. The minimum atomic E-state index is -0.483. The van der Waals surface area contributed by atoms with Crippen molar-refractivity contribution in [2.45, 2.75) is 31.7 Å². The molecule has 8 heteroatoms. The second kappa shape index (κ2) is 9.04. The normalized spacial score (nSPS) is 22.7. The van der Waals surface area contributed by atoms with Crippen molar-refractivity contribution in [3.63, 3.8) is 0 Å². The summed E-state index contributed by atoms with van der Waals surface area (Å²) >= 11 is 0. The molecule has 1 aromatic rings. The van der Waals surface area contributed by atoms with Crippen molar-refractivity contribution in [3.8, 4) is 0 Å². The van der Waals surface area contributed by atoms with Gasteiger partial charge in [0.2, 0.25) is 5.91 Å². The Morgan fingerprint density at radius 2 is 1.87 bits per heavy atom. The first-order chi connectivity index (χ1) is 14.6. The van der Waals surface area contributed by atoms with Gasteiger partial charge in [0.1, 0.15) is 0 Å². The highest BCUT2D eigenvalue weighted by atomic mass is 16.5. The van der Waals surface area contributed by atoms with Crippen LogP contribution in [0.3, 0.4) is 0 Å². The largest absolute Gasteiger partial charge is 0.465 e. The second-order valence-electron chi connectivity index (χ2n) is 8.38. The number of benzene rings is 1. The van der Waals surface area contributed by atoms with Gasteiger partial charge < -0.3 is 19.9 Å². The number of nitrogens with one attached hydrogen (secondary N) is 1. The third-order valence-corrected chi connectivity index (χ3v) is 6.28. The molecule has 0 bridgehead atoms. The molecular formula is C22H30N4O4. The van der Waals surface area contributed by atoms with Crippen molar-refractivity contribution in [1.29, 1.82) is 0 Å². The van der Waals surface area contributed by atoms with E-state index in [0.717, 1.165) is 32.5 Å². The topological polar surface area (TPSA) is 82.2 Å². The summed E-state index contributed by atoms with van der Waals surface area (Å²) in [7, 11) is 1.32. The number of amides is 3. The smallest absolute Gasteiger partial charge is 0.339 e. The minimum absolute atomic E-state index is 0.0492. The summed E-state index contributed by atoms with van der Waals surface area (Å²) in [5.41, 5.74) is 0.772. The number of carbonyl (C=O) groups is 3. The van der Waals surface area contributed by atoms with Crippen LogP contribution in [0.2, 0.25) is 0 Å². The highest BCUT2D eigenvalue weighted by molar-refractivity contribution is 6.00. The van der Waals surface area contributed by atoms with Crippen molar-refractivity contribution >= 4 is 23.6 Å². The fourth-order valence-corrected chi connectivity index (χ4v) is 4.38. The van der Waals surface area contributed by atoms with E-state index < -0.39 is 5.97 Å². The molecule has 2 heterocycles. The van der Waals surface area contributed by atoms with Crippen molar-refractivity contribution in [2.24, 2.45) is 5.92 Å². The van der Waals surface area contributed by atoms with Crippen LogP contribution in [0.15, 0.2) is 24.3 Å². The SMILES string of the molecule is COC(=O)c1ccccc1NC(=O)N1CCCN(C2CCN(CC3CC3)C2=O)CC1. The van der Waals surface area contributed by atoms with E-state index in [4.69, 9.17) is 4.74 Å². The minimum Gasteiger partial charge on any atom is -0.465 e. The molecule has 0 aromatic heterocycles. The lowest BCUT2D eigenvalue weighted by Crippen LogP contribution is -2.44. The quantitative estimate of drug-likeness (QED) is 0.746. The standard InChI is InChI=1S/C22H30N4O4/c1-30-21(28)17-5-2-3-6-18(17)23-22(29)25-11-4-10-24(13-14-25)19-9-12-26(20(19)27)15-16-7-8-16/h2-3,5-6,16,19H,4,7-15H2,1H3,(H,23,29). The lowest BCUT2D eigenvalue weighted by atomic mass is 10.2. The zero-order chi connectivity index (χ0) is 21.1. The van der Waals surface area contributed by atoms with Crippen LogP contribution in [0, 0.1) is 5.92 Å². The van der Waals surface area contributed by atoms with Gasteiger partial charge in [-0.25, -0.2) is 9.59 Å². The molecule has 0 radical (unpaired) electrons. The molecule has 2 aliphatic heterocycles. The number of esters is 1. The first-order valence-electron chi connectivity index (χ1n) is 10.8. The van der Waals surface area contributed by atoms with Gasteiger partial charge in [-0.05, 0) is 43.7 Å². The van der Waals surface area contributed by atoms with Crippen LogP contribution in [0.1, 0.15) is 36.0 Å². The van der Waals surface area contributed by atoms with Crippen molar-refractivity contribution in [2.75, 3.05) is 51.7 Å². The molecule has 1 aliphatic carbocycles. The van der Waals surface area contributed by atoms with Gasteiger partial charge in [-0.2, -0.15) is 0 Å². The number of para-hydroxylation sites is 1. The molecule has 162 valence electrons. The van der Waals surface area contributed by atoms with Gasteiger partial charge in [0.05, 0.1) is 24.4 Å². The average molecular weight is 415 g/mol. The third kappa shape index (κ3) is 4.59. The van der Waals surface area contributed by atoms with E-state index in [1.807, 2.05) is 4.90 Å². The van der Waals surface area contributed by atoms with Crippen LogP contribution in [0.25, 0.3) is 0 Å². The summed E-state index contributed by atoms with van der Waals surface area (Å²) < 4.78 is 4.80. The number of ether oxygens (including phenoxy) is 1. The van der Waals surface area contributed by atoms with Crippen molar-refractivity contribution < 1.29 is 19.1 Å². The Kier molecular flexibility index (Phi) is 6.22. The van der Waals surface area contributed by atoms with Crippen LogP contribution in [-0.2, 0) is 9.53 Å². The van der Waals surface area contributed by atoms with E-state index in [1.165, 1.54) is 20.0 Å². The molecule has 3 fully saturated rings. The molecule has 30 heavy (non-hydrogen) atoms. The first-order valence-corrected chi connectivity index (χ1v) is 10.8. The maximum absolute atomic E-state index is 12.8. The molecule has 2 saturated heterocycles. The first kappa shape index (κ1) is 20.7. The molecule has 8 nitrogen and oxygen atoms in total. The van der Waals surface area contributed by atoms with Gasteiger partial charge in [0.25, 0.3) is 0 Å². The molecule has 1 unspecified atom stereocenters. The maximum atomic E-state index is 12.8. The summed E-state index contributed by atoms with van der Waals surface area (Å²) in [6.07, 6.45) is 4.20. The molecule has 1 N–H and O–H groups in total. The number of rotatable bonds is 5. The van der Waals surface area contributed by atoms with Gasteiger partial charge >= 0.3 is 12.0 Å². The number of hydrogen-bond donors (Lipinski definition) is 1. The highest BCUT2D eigenvalue weighted by Crippen LogP contribution is 2.31. The third-order valence-electron chi connectivity index (χ3n) is 6.28. The van der Waals surface area contributed by atoms with E-state index in [2.05, 4.69) is 10.2 Å². The number of anilines is 1. The number of methoxy groups -OCH3 is 1. The number of nitrogens with zero attached hydrogens (tertiary/aromatic N) is 3. The van der Waals surface area contributed by atoms with Gasteiger partial charge in [-0.15, -0.1) is 0 Å². The molecule has 0 spiro atoms. The molecule has 1 atom stereocenters. The van der Waals surface area contributed by atoms with Crippen molar-refractivity contribution in [1.82, 2.24) is 14.7 Å². The molecule has 3 amide bonds. The molecule has 4 rings (SSSR count). The fourth-order valence-electron chi connectivity index (χ4n) is 4.38. The Labute approximate surface area is 177 Å². The average Bonchev–Trinajstić information content (AvgIpc) is 3.54. The Morgan fingerprint density at radius 3 is 2.63 bits per heavy atom. The van der Waals surface area contributed by atoms with E-state index in [9.17, 15) is 14.4 Å². The number of hydrogen-bond acceptors (Lipinski definition) is 5. The van der Waals surface area contributed by atoms with Crippen LogP contribution in [0.5, 0.6) is 0 Å². The lowest BCUT2D eigenvalue weighted by Gasteiger charge is -2.27. The summed E-state index contributed by atoms with van der Waals surface area (Å²) in [5, 5.41) is 2.84. The summed E-state index contributed by atoms with van der Waals surface area (Å²) in [6.45, 7) is 4.44.